The molecule has 10 nitrogen and oxygen atoms in total. The van der Waals surface area contributed by atoms with Crippen molar-refractivity contribution < 1.29 is 12.8 Å². The third-order valence-electron chi connectivity index (χ3n) is 6.62. The number of nitrogens with one attached hydrogen (secondary N) is 2. The lowest BCUT2D eigenvalue weighted by atomic mass is 10.1. The van der Waals surface area contributed by atoms with Crippen LogP contribution in [0.25, 0.3) is 16.7 Å². The van der Waals surface area contributed by atoms with Crippen LogP contribution in [0.4, 0.5) is 10.1 Å². The van der Waals surface area contributed by atoms with Crippen molar-refractivity contribution in [2.75, 3.05) is 18.1 Å². The van der Waals surface area contributed by atoms with Gasteiger partial charge in [0, 0.05) is 24.4 Å². The minimum atomic E-state index is -3.60. The Morgan fingerprint density at radius 1 is 1.18 bits per heavy atom. The van der Waals surface area contributed by atoms with Gasteiger partial charge in [-0.25, -0.2) is 26.9 Å². The van der Waals surface area contributed by atoms with E-state index in [4.69, 9.17) is 0 Å². The predicted octanol–water partition coefficient (Wildman–Crippen LogP) is 2.53. The predicted molar refractivity (Wildman–Crippen MR) is 151 cm³/mol. The van der Waals surface area contributed by atoms with Gasteiger partial charge in [0.1, 0.15) is 16.9 Å². The molecular formula is C27H30FN5O5S. The molecule has 1 aliphatic rings. The number of rotatable bonds is 9. The Kier molecular flexibility index (Phi) is 7.37. The molecule has 0 amide bonds. The number of fused-ring (bicyclic) bond motifs is 1. The molecule has 12 heteroatoms. The number of hydrogen-bond acceptors (Lipinski definition) is 6. The van der Waals surface area contributed by atoms with E-state index in [1.807, 2.05) is 0 Å². The van der Waals surface area contributed by atoms with Crippen LogP contribution in [0.15, 0.2) is 69.2 Å². The number of aryl methyl sites for hydroxylation is 2. The first-order valence-corrected chi connectivity index (χ1v) is 13.8. The molecule has 0 aliphatic heterocycles. The van der Waals surface area contributed by atoms with Gasteiger partial charge >= 0.3 is 5.69 Å². The smallest absolute Gasteiger partial charge is 0.337 e. The first-order chi connectivity index (χ1) is 18.3. The summed E-state index contributed by atoms with van der Waals surface area (Å²) >= 11 is 0. The highest BCUT2D eigenvalue weighted by atomic mass is 32.2. The zero-order valence-electron chi connectivity index (χ0n) is 22.2. The van der Waals surface area contributed by atoms with Gasteiger partial charge in [-0.3, -0.25) is 18.7 Å². The summed E-state index contributed by atoms with van der Waals surface area (Å²) in [5.41, 5.74) is -0.679. The lowest BCUT2D eigenvalue weighted by Crippen LogP contribution is -2.42. The standard InChI is InChI=1S/C27H30FN5O5S/c1-7-18(12-16(3)14-39(37,38)29-5)30-23-17(4)25(34)31(6)24-22(23)26(35)32(19-9-10-19)27(36)33(24)21-11-8-15(2)13-20(21)28/h7-8,11-13,19,29-30H,1,3,9-10,14H2,2,4-6H3/b18-12+. The van der Waals surface area contributed by atoms with Gasteiger partial charge in [0.25, 0.3) is 11.1 Å². The number of pyridine rings is 1. The summed E-state index contributed by atoms with van der Waals surface area (Å²) < 4.78 is 44.7. The lowest BCUT2D eigenvalue weighted by Gasteiger charge is -2.21. The lowest BCUT2D eigenvalue weighted by molar-refractivity contribution is 0.590. The van der Waals surface area contributed by atoms with Crippen LogP contribution >= 0.6 is 0 Å². The highest BCUT2D eigenvalue weighted by Crippen LogP contribution is 2.34. The zero-order valence-corrected chi connectivity index (χ0v) is 23.0. The van der Waals surface area contributed by atoms with E-state index < -0.39 is 32.6 Å². The summed E-state index contributed by atoms with van der Waals surface area (Å²) in [6, 6.07) is 4.00. The molecule has 0 bridgehead atoms. The van der Waals surface area contributed by atoms with Crippen LogP contribution in [-0.4, -0.2) is 34.9 Å². The molecule has 2 heterocycles. The van der Waals surface area contributed by atoms with E-state index in [0.29, 0.717) is 18.4 Å². The molecule has 1 saturated carbocycles. The molecule has 206 valence electrons. The van der Waals surface area contributed by atoms with Gasteiger partial charge in [-0.2, -0.15) is 0 Å². The first kappa shape index (κ1) is 28.0. The molecule has 0 atom stereocenters. The van der Waals surface area contributed by atoms with Crippen LogP contribution < -0.4 is 26.8 Å². The summed E-state index contributed by atoms with van der Waals surface area (Å²) in [6.45, 7) is 10.8. The van der Waals surface area contributed by atoms with Crippen molar-refractivity contribution in [3.63, 3.8) is 0 Å². The number of halogens is 1. The first-order valence-electron chi connectivity index (χ1n) is 12.2. The van der Waals surface area contributed by atoms with Crippen LogP contribution in [0, 0.1) is 19.7 Å². The highest BCUT2D eigenvalue weighted by Gasteiger charge is 2.32. The Bertz CT molecular complexity index is 1860. The fourth-order valence-corrected chi connectivity index (χ4v) is 5.20. The normalized spacial score (nSPS) is 14.0. The average Bonchev–Trinajstić information content (AvgIpc) is 3.70. The van der Waals surface area contributed by atoms with Gasteiger partial charge in [-0.15, -0.1) is 0 Å². The van der Waals surface area contributed by atoms with E-state index in [0.717, 1.165) is 13.7 Å². The maximum atomic E-state index is 15.2. The summed E-state index contributed by atoms with van der Waals surface area (Å²) in [4.78, 5) is 40.9. The molecule has 2 N–H and O–H groups in total. The zero-order chi connectivity index (χ0) is 28.8. The Morgan fingerprint density at radius 3 is 2.41 bits per heavy atom. The molecule has 0 saturated heterocycles. The third kappa shape index (κ3) is 5.17. The van der Waals surface area contributed by atoms with Crippen LogP contribution in [0.5, 0.6) is 0 Å². The third-order valence-corrected chi connectivity index (χ3v) is 8.00. The van der Waals surface area contributed by atoms with E-state index >= 15 is 4.39 Å². The molecule has 4 rings (SSSR count). The van der Waals surface area contributed by atoms with Gasteiger partial charge in [0.15, 0.2) is 0 Å². The van der Waals surface area contributed by atoms with Crippen LogP contribution in [-0.2, 0) is 17.1 Å². The van der Waals surface area contributed by atoms with Gasteiger partial charge in [-0.05, 0) is 69.2 Å². The summed E-state index contributed by atoms with van der Waals surface area (Å²) in [5, 5.41) is 3.03. The Balaban J connectivity index is 2.08. The quantitative estimate of drug-likeness (QED) is 0.391. The maximum absolute atomic E-state index is 15.2. The number of benzene rings is 1. The second-order valence-corrected chi connectivity index (χ2v) is 11.5. The fraction of sp³-hybridized carbons (Fsp3) is 0.296. The van der Waals surface area contributed by atoms with E-state index in [1.54, 1.807) is 13.0 Å². The molecule has 1 aromatic carbocycles. The molecule has 3 aromatic rings. The van der Waals surface area contributed by atoms with Gasteiger partial charge < -0.3 is 5.32 Å². The van der Waals surface area contributed by atoms with Crippen molar-refractivity contribution in [1.29, 1.82) is 0 Å². The highest BCUT2D eigenvalue weighted by molar-refractivity contribution is 7.89. The van der Waals surface area contributed by atoms with Crippen molar-refractivity contribution in [3.8, 4) is 5.69 Å². The number of aromatic nitrogens is 3. The van der Waals surface area contributed by atoms with Crippen molar-refractivity contribution >= 4 is 26.7 Å². The SMILES string of the molecule is C=C/C(=C\C(=C)CS(=O)(=O)NC)Nc1c(C)c(=O)n(C)c2c1c(=O)n(C1CC1)c(=O)n2-c1ccc(C)cc1F. The van der Waals surface area contributed by atoms with Gasteiger partial charge in [0.05, 0.1) is 17.1 Å². The van der Waals surface area contributed by atoms with E-state index in [9.17, 15) is 22.8 Å². The Labute approximate surface area is 224 Å². The molecule has 0 radical (unpaired) electrons. The van der Waals surface area contributed by atoms with E-state index in [-0.39, 0.29) is 51.0 Å². The maximum Gasteiger partial charge on any atom is 0.337 e. The van der Waals surface area contributed by atoms with Crippen molar-refractivity contribution in [3.05, 3.63) is 103 Å². The molecule has 39 heavy (non-hydrogen) atoms. The van der Waals surface area contributed by atoms with Crippen LogP contribution in [0.1, 0.15) is 30.0 Å². The molecule has 0 spiro atoms. The Morgan fingerprint density at radius 2 is 1.85 bits per heavy atom. The monoisotopic (exact) mass is 555 g/mol. The molecule has 0 unspecified atom stereocenters. The molecular weight excluding hydrogens is 525 g/mol. The van der Waals surface area contributed by atoms with Crippen molar-refractivity contribution in [1.82, 2.24) is 18.4 Å². The minimum Gasteiger partial charge on any atom is -0.354 e. The molecule has 2 aromatic heterocycles. The summed E-state index contributed by atoms with van der Waals surface area (Å²) in [7, 11) is -0.897. The number of anilines is 1. The number of hydrogen-bond donors (Lipinski definition) is 2. The van der Waals surface area contributed by atoms with Crippen LogP contribution in [0.2, 0.25) is 0 Å². The minimum absolute atomic E-state index is 0.00211. The second kappa shape index (κ2) is 10.3. The van der Waals surface area contributed by atoms with E-state index in [1.165, 1.54) is 45.3 Å². The van der Waals surface area contributed by atoms with Gasteiger partial charge in [-0.1, -0.05) is 19.2 Å². The largest absolute Gasteiger partial charge is 0.354 e. The number of sulfonamides is 1. The second-order valence-electron chi connectivity index (χ2n) is 9.59. The fourth-order valence-electron chi connectivity index (χ4n) is 4.48. The van der Waals surface area contributed by atoms with Gasteiger partial charge in [0.2, 0.25) is 10.0 Å². The van der Waals surface area contributed by atoms with E-state index in [2.05, 4.69) is 23.2 Å². The molecule has 1 fully saturated rings. The topological polar surface area (TPSA) is 124 Å². The van der Waals surface area contributed by atoms with Crippen molar-refractivity contribution in [2.45, 2.75) is 32.7 Å². The number of nitrogens with zero attached hydrogens (tertiary/aromatic N) is 3. The molecule has 1 aliphatic carbocycles. The Hall–Kier alpha value is -4.03. The summed E-state index contributed by atoms with van der Waals surface area (Å²) in [6.07, 6.45) is 4.04. The average molecular weight is 556 g/mol. The van der Waals surface area contributed by atoms with Crippen LogP contribution in [0.3, 0.4) is 0 Å². The number of allylic oxidation sites excluding steroid dienone is 2. The van der Waals surface area contributed by atoms with Crippen molar-refractivity contribution in [2.24, 2.45) is 7.05 Å². The summed E-state index contributed by atoms with van der Waals surface area (Å²) in [5.74, 6) is -1.07.